The predicted molar refractivity (Wildman–Crippen MR) is 379 cm³/mol. The standard InChI is InChI=1S/C75H80Cl2F4N14O5/c1-88-31-22-51(88)19-20-61(97)91-27-9-29-93(35-33-91)71-55-41-83-67(53-15-3-11-48-13-5-17-57(77)63(48)53)65(81)69(55)85-73(87-71)100-46-75-24-21-58(95(75)43-50(79)39-75)59-44-89(36-37-98-59)25-6-18-60(96)90-26-8-28-92(34-32-90)70-54-40-82-66(52-14-2-10-47-12-4-16-56(76)62(47)52)64(80)68(54)84-72(86-70)99-45-74-23-7-30-94(74)42-49(78)38-74/h2-6,10-20,40-41,49-51,58-59H,7-9,21-39,42-46H2,1H3/b18-6+,20-19+/t49-,50-,51?,58?,59?,74+,75+/m1/s1. The Hall–Kier alpha value is -7.90. The molecule has 25 heteroatoms. The molecule has 8 aliphatic rings. The summed E-state index contributed by atoms with van der Waals surface area (Å²) in [5, 5.41) is 4.72. The van der Waals surface area contributed by atoms with Crippen molar-refractivity contribution in [1.29, 1.82) is 0 Å². The maximum Gasteiger partial charge on any atom is 0.319 e. The van der Waals surface area contributed by atoms with Gasteiger partial charge in [0.1, 0.15) is 59.6 Å². The molecule has 0 N–H and O–H groups in total. The minimum Gasteiger partial charge on any atom is -0.461 e. The van der Waals surface area contributed by atoms with Gasteiger partial charge in [0.25, 0.3) is 0 Å². The third-order valence-electron chi connectivity index (χ3n) is 22.4. The Kier molecular flexibility index (Phi) is 18.5. The molecule has 0 bridgehead atoms. The lowest BCUT2D eigenvalue weighted by Gasteiger charge is -2.41. The van der Waals surface area contributed by atoms with Crippen molar-refractivity contribution >= 4 is 90.0 Å². The molecule has 4 aromatic carbocycles. The molecule has 12 heterocycles. The van der Waals surface area contributed by atoms with Crippen molar-refractivity contribution in [3.05, 3.63) is 131 Å². The molecule has 3 unspecified atom stereocenters. The fourth-order valence-corrected chi connectivity index (χ4v) is 17.7. The van der Waals surface area contributed by atoms with Gasteiger partial charge in [-0.25, -0.2) is 17.6 Å². The summed E-state index contributed by atoms with van der Waals surface area (Å²) < 4.78 is 85.5. The summed E-state index contributed by atoms with van der Waals surface area (Å²) >= 11 is 13.5. The first-order valence-electron chi connectivity index (χ1n) is 35.3. The van der Waals surface area contributed by atoms with E-state index in [1.54, 1.807) is 48.8 Å². The highest BCUT2D eigenvalue weighted by Gasteiger charge is 2.56. The number of carbonyl (C=O) groups excluding carboxylic acids is 2. The monoisotopic (exact) mass is 1400 g/mol. The Morgan fingerprint density at radius 2 is 1.19 bits per heavy atom. The van der Waals surface area contributed by atoms with Crippen molar-refractivity contribution in [2.24, 2.45) is 0 Å². The number of halogens is 6. The molecule has 0 saturated carbocycles. The van der Waals surface area contributed by atoms with Crippen molar-refractivity contribution in [1.82, 2.24) is 59.3 Å². The fourth-order valence-electron chi connectivity index (χ4n) is 17.1. The second kappa shape index (κ2) is 27.8. The smallest absolute Gasteiger partial charge is 0.319 e. The van der Waals surface area contributed by atoms with Crippen LogP contribution < -0.4 is 19.3 Å². The first-order valence-corrected chi connectivity index (χ1v) is 36.0. The van der Waals surface area contributed by atoms with Crippen LogP contribution in [0.1, 0.15) is 57.8 Å². The topological polar surface area (TPSA) is 165 Å². The lowest BCUT2D eigenvalue weighted by atomic mass is 9.94. The Morgan fingerprint density at radius 1 is 0.620 bits per heavy atom. The third kappa shape index (κ3) is 12.7. The number of likely N-dealkylation sites (tertiary alicyclic amines) is 1. The zero-order valence-corrected chi connectivity index (χ0v) is 57.5. The molecule has 16 rings (SSSR count). The van der Waals surface area contributed by atoms with Gasteiger partial charge in [-0.15, -0.1) is 0 Å². The van der Waals surface area contributed by atoms with E-state index in [9.17, 15) is 14.0 Å². The van der Waals surface area contributed by atoms with Crippen molar-refractivity contribution in [2.75, 3.05) is 135 Å². The van der Waals surface area contributed by atoms with Crippen LogP contribution in [0.25, 0.3) is 65.9 Å². The summed E-state index contributed by atoms with van der Waals surface area (Å²) in [6.07, 6.45) is 14.0. The van der Waals surface area contributed by atoms with Gasteiger partial charge in [0.2, 0.25) is 11.8 Å². The van der Waals surface area contributed by atoms with Crippen LogP contribution in [0.15, 0.2) is 109 Å². The van der Waals surface area contributed by atoms with Crippen molar-refractivity contribution < 1.29 is 41.4 Å². The van der Waals surface area contributed by atoms with E-state index < -0.39 is 35.1 Å². The Bertz CT molecular complexity index is 4530. The van der Waals surface area contributed by atoms with Gasteiger partial charge in [0.15, 0.2) is 11.6 Å². The highest BCUT2D eigenvalue weighted by Crippen LogP contribution is 2.47. The Morgan fingerprint density at radius 3 is 1.78 bits per heavy atom. The van der Waals surface area contributed by atoms with Crippen LogP contribution in [-0.4, -0.2) is 238 Å². The Labute approximate surface area is 587 Å². The quantitative estimate of drug-likeness (QED) is 0.0662. The van der Waals surface area contributed by atoms with E-state index in [1.165, 1.54) is 0 Å². The van der Waals surface area contributed by atoms with Crippen LogP contribution in [0.3, 0.4) is 0 Å². The minimum absolute atomic E-state index is 0.0109. The van der Waals surface area contributed by atoms with Crippen LogP contribution in [0, 0.1) is 11.6 Å². The number of hydrogen-bond donors (Lipinski definition) is 0. The number of pyridine rings is 2. The molecule has 100 heavy (non-hydrogen) atoms. The van der Waals surface area contributed by atoms with Gasteiger partial charge >= 0.3 is 12.0 Å². The van der Waals surface area contributed by atoms with Crippen molar-refractivity contribution in [3.8, 4) is 34.5 Å². The number of nitrogens with zero attached hydrogens (tertiary/aromatic N) is 14. The van der Waals surface area contributed by atoms with Gasteiger partial charge in [0, 0.05) is 173 Å². The highest BCUT2D eigenvalue weighted by molar-refractivity contribution is 6.37. The average molecular weight is 1400 g/mol. The van der Waals surface area contributed by atoms with E-state index in [-0.39, 0.29) is 90.6 Å². The van der Waals surface area contributed by atoms with E-state index >= 15 is 13.2 Å². The van der Waals surface area contributed by atoms with Gasteiger partial charge in [-0.3, -0.25) is 39.2 Å². The van der Waals surface area contributed by atoms with Gasteiger partial charge in [0.05, 0.1) is 34.6 Å². The summed E-state index contributed by atoms with van der Waals surface area (Å²) in [7, 11) is 2.05. The van der Waals surface area contributed by atoms with E-state index in [0.717, 1.165) is 49.5 Å². The van der Waals surface area contributed by atoms with Gasteiger partial charge < -0.3 is 33.8 Å². The molecule has 8 aromatic rings. The fraction of sp³-hybridized carbons (Fsp3) is 0.467. The number of ether oxygens (including phenoxy) is 3. The summed E-state index contributed by atoms with van der Waals surface area (Å²) in [5.41, 5.74) is 0.0606. The van der Waals surface area contributed by atoms with Crippen LogP contribution in [0.5, 0.6) is 12.0 Å². The number of morpholine rings is 1. The molecule has 2 amide bonds. The normalized spacial score (nSPS) is 25.8. The van der Waals surface area contributed by atoms with Crippen LogP contribution >= 0.6 is 23.2 Å². The number of carbonyl (C=O) groups is 2. The van der Waals surface area contributed by atoms with E-state index in [1.807, 2.05) is 82.4 Å². The molecule has 522 valence electrons. The minimum atomic E-state index is -1.12. The maximum absolute atomic E-state index is 17.5. The molecule has 8 fully saturated rings. The number of rotatable bonds is 16. The van der Waals surface area contributed by atoms with Crippen molar-refractivity contribution in [3.63, 3.8) is 0 Å². The first kappa shape index (κ1) is 66.6. The zero-order chi connectivity index (χ0) is 68.4. The summed E-state index contributed by atoms with van der Waals surface area (Å²) in [6.45, 7) is 8.38. The molecule has 8 aliphatic heterocycles. The molecule has 8 saturated heterocycles. The van der Waals surface area contributed by atoms with E-state index in [0.29, 0.717) is 165 Å². The molecular weight excluding hydrogens is 1320 g/mol. The summed E-state index contributed by atoms with van der Waals surface area (Å²) in [5.74, 6) is -0.610. The van der Waals surface area contributed by atoms with Crippen LogP contribution in [0.4, 0.5) is 29.2 Å². The second-order valence-electron chi connectivity index (χ2n) is 28.3. The molecule has 7 atom stereocenters. The number of fused-ring (bicyclic) bond motifs is 6. The van der Waals surface area contributed by atoms with Crippen LogP contribution in [-0.2, 0) is 14.3 Å². The second-order valence-corrected chi connectivity index (χ2v) is 29.2. The van der Waals surface area contributed by atoms with Gasteiger partial charge in [-0.05, 0) is 81.4 Å². The number of likely N-dealkylation sites (N-methyl/N-ethyl adjacent to an activating group) is 1. The number of aromatic nitrogens is 6. The predicted octanol–water partition coefficient (Wildman–Crippen LogP) is 11.2. The van der Waals surface area contributed by atoms with Crippen molar-refractivity contribution in [2.45, 2.75) is 99.4 Å². The summed E-state index contributed by atoms with van der Waals surface area (Å²) in [6, 6.07) is 22.3. The molecule has 0 radical (unpaired) electrons. The number of alkyl halides is 2. The summed E-state index contributed by atoms with van der Waals surface area (Å²) in [4.78, 5) is 73.2. The number of benzene rings is 4. The number of anilines is 2. The average Bonchev–Trinajstić information content (AvgIpc) is 1.23. The van der Waals surface area contributed by atoms with E-state index in [2.05, 4.69) is 24.5 Å². The maximum atomic E-state index is 17.5. The van der Waals surface area contributed by atoms with Gasteiger partial charge in [-0.2, -0.15) is 19.9 Å². The SMILES string of the molecule is CN1CCC1/C=C/C(=O)N1CCCN(c2nc(OC[C@@]34CCC(C5CN(C/C=C/C(=O)N6CCCN(c7nc(OC[C@@]89CCCN8C[C@H](F)C9)nc8c(F)c(-c9cccc%10cccc(Cl)c9%10)ncc78)CC6)CCO5)N3C[C@H](F)C4)nc3c(F)c(-c4cccc5cccc(Cl)c45)ncc23)CC1. The molecule has 4 aromatic heterocycles. The lowest BCUT2D eigenvalue weighted by molar-refractivity contribution is -0.126. The largest absolute Gasteiger partial charge is 0.461 e. The van der Waals surface area contributed by atoms with E-state index in [4.69, 9.17) is 67.3 Å². The lowest BCUT2D eigenvalue weighted by Crippen LogP contribution is -2.55. The Balaban J connectivity index is 0.595. The molecule has 0 spiro atoms. The first-order chi connectivity index (χ1) is 48.7. The molecule has 0 aliphatic carbocycles. The molecular formula is C75H80Cl2F4N14O5. The highest BCUT2D eigenvalue weighted by atomic mass is 35.5. The zero-order valence-electron chi connectivity index (χ0n) is 55.9. The molecule has 19 nitrogen and oxygen atoms in total. The van der Waals surface area contributed by atoms with Crippen LogP contribution in [0.2, 0.25) is 10.0 Å². The number of hydrogen-bond acceptors (Lipinski definition) is 17. The number of amides is 2. The van der Waals surface area contributed by atoms with Gasteiger partial charge in [-0.1, -0.05) is 96.0 Å². The third-order valence-corrected chi connectivity index (χ3v) is 23.0.